The second-order valence-corrected chi connectivity index (χ2v) is 14.2. The first-order chi connectivity index (χ1) is 24.8. The van der Waals surface area contributed by atoms with Gasteiger partial charge in [-0.15, -0.1) is 0 Å². The number of benzene rings is 6. The molecule has 0 saturated heterocycles. The molecule has 254 valence electrons. The molecule has 0 radical (unpaired) electrons. The van der Waals surface area contributed by atoms with E-state index >= 15 is 0 Å². The molecule has 0 aliphatic rings. The SMILES string of the molecule is Cc1ccc2c(c1)nc(-c1ccccc1)n2-c1ccccc1C(C)C.Cc1ccc2c(c1)nc(-c1ccccc1)n2-c1ccccc1CC(C)C. The fraction of sp³-hybridized carbons (Fsp3) is 0.191. The Morgan fingerprint density at radius 3 is 1.45 bits per heavy atom. The molecular formula is C47H46N4. The molecule has 2 aromatic heterocycles. The first kappa shape index (κ1) is 33.7. The predicted octanol–water partition coefficient (Wildman–Crippen LogP) is 12.3. The standard InChI is InChI=1S/C24H24N2.C23H22N2/c1-17(2)15-20-11-7-8-12-22(20)26-23-14-13-18(3)16-21(23)25-24(26)19-9-5-4-6-10-19;1-16(2)19-11-7-8-12-21(19)25-22-14-13-17(3)15-20(22)24-23(25)18-9-5-4-6-10-18/h4-14,16-17H,15H2,1-3H3;4-16H,1-3H3. The molecule has 0 saturated carbocycles. The van der Waals surface area contributed by atoms with E-state index in [0.29, 0.717) is 11.8 Å². The lowest BCUT2D eigenvalue weighted by Crippen LogP contribution is -2.04. The minimum Gasteiger partial charge on any atom is -0.292 e. The first-order valence-corrected chi connectivity index (χ1v) is 18.0. The molecule has 6 aromatic carbocycles. The van der Waals surface area contributed by atoms with E-state index in [9.17, 15) is 0 Å². The Morgan fingerprint density at radius 1 is 0.490 bits per heavy atom. The number of aryl methyl sites for hydroxylation is 2. The van der Waals surface area contributed by atoms with Gasteiger partial charge in [0.15, 0.2) is 0 Å². The molecule has 0 N–H and O–H groups in total. The van der Waals surface area contributed by atoms with Crippen LogP contribution in [0.25, 0.3) is 56.2 Å². The van der Waals surface area contributed by atoms with Crippen molar-refractivity contribution >= 4 is 22.1 Å². The van der Waals surface area contributed by atoms with Gasteiger partial charge in [-0.1, -0.05) is 137 Å². The second-order valence-electron chi connectivity index (χ2n) is 14.2. The van der Waals surface area contributed by atoms with E-state index in [2.05, 4.69) is 184 Å². The normalized spacial score (nSPS) is 11.4. The number of hydrogen-bond donors (Lipinski definition) is 0. The van der Waals surface area contributed by atoms with E-state index in [4.69, 9.17) is 9.97 Å². The third-order valence-corrected chi connectivity index (χ3v) is 9.34. The maximum atomic E-state index is 5.00. The monoisotopic (exact) mass is 666 g/mol. The predicted molar refractivity (Wildman–Crippen MR) is 215 cm³/mol. The van der Waals surface area contributed by atoms with Crippen molar-refractivity contribution in [1.82, 2.24) is 19.1 Å². The number of aromatic nitrogens is 4. The van der Waals surface area contributed by atoms with Crippen LogP contribution in [0.5, 0.6) is 0 Å². The second kappa shape index (κ2) is 14.6. The number of rotatable bonds is 7. The van der Waals surface area contributed by atoms with Crippen molar-refractivity contribution in [1.29, 1.82) is 0 Å². The van der Waals surface area contributed by atoms with Crippen molar-refractivity contribution in [2.75, 3.05) is 0 Å². The lowest BCUT2D eigenvalue weighted by Gasteiger charge is -2.16. The molecule has 51 heavy (non-hydrogen) atoms. The van der Waals surface area contributed by atoms with Crippen LogP contribution in [-0.4, -0.2) is 19.1 Å². The van der Waals surface area contributed by atoms with Gasteiger partial charge in [-0.25, -0.2) is 9.97 Å². The third-order valence-electron chi connectivity index (χ3n) is 9.34. The summed E-state index contributed by atoms with van der Waals surface area (Å²) in [5, 5.41) is 0. The van der Waals surface area contributed by atoms with Gasteiger partial charge in [0.05, 0.1) is 33.4 Å². The average Bonchev–Trinajstić information content (AvgIpc) is 3.71. The molecular weight excluding hydrogens is 621 g/mol. The maximum absolute atomic E-state index is 5.00. The molecule has 0 aliphatic heterocycles. The van der Waals surface area contributed by atoms with Crippen LogP contribution in [0.1, 0.15) is 55.9 Å². The van der Waals surface area contributed by atoms with Crippen molar-refractivity contribution in [3.63, 3.8) is 0 Å². The van der Waals surface area contributed by atoms with Gasteiger partial charge in [0.1, 0.15) is 11.6 Å². The van der Waals surface area contributed by atoms with Crippen LogP contribution >= 0.6 is 0 Å². The van der Waals surface area contributed by atoms with Crippen LogP contribution in [0.2, 0.25) is 0 Å². The quantitative estimate of drug-likeness (QED) is 0.170. The third kappa shape index (κ3) is 7.00. The Bertz CT molecular complexity index is 2410. The van der Waals surface area contributed by atoms with Crippen molar-refractivity contribution in [2.24, 2.45) is 5.92 Å². The fourth-order valence-electron chi connectivity index (χ4n) is 6.95. The summed E-state index contributed by atoms with van der Waals surface area (Å²) < 4.78 is 4.63. The van der Waals surface area contributed by atoms with Crippen LogP contribution in [0.15, 0.2) is 146 Å². The molecule has 0 atom stereocenters. The summed E-state index contributed by atoms with van der Waals surface area (Å²) in [6.07, 6.45) is 1.05. The molecule has 4 nitrogen and oxygen atoms in total. The van der Waals surface area contributed by atoms with Gasteiger partial charge in [0, 0.05) is 11.1 Å². The van der Waals surface area contributed by atoms with E-state index in [0.717, 1.165) is 51.3 Å². The fourth-order valence-corrected chi connectivity index (χ4v) is 6.95. The Morgan fingerprint density at radius 2 is 0.941 bits per heavy atom. The highest BCUT2D eigenvalue weighted by molar-refractivity contribution is 5.85. The van der Waals surface area contributed by atoms with Gasteiger partial charge >= 0.3 is 0 Å². The van der Waals surface area contributed by atoms with Crippen LogP contribution < -0.4 is 0 Å². The van der Waals surface area contributed by atoms with Crippen LogP contribution in [0, 0.1) is 19.8 Å². The summed E-state index contributed by atoms with van der Waals surface area (Å²) in [6, 6.07) is 51.3. The van der Waals surface area contributed by atoms with Crippen molar-refractivity contribution < 1.29 is 0 Å². The molecule has 0 spiro atoms. The average molecular weight is 667 g/mol. The molecule has 0 fully saturated rings. The van der Waals surface area contributed by atoms with Gasteiger partial charge in [-0.3, -0.25) is 9.13 Å². The molecule has 8 rings (SSSR count). The number of fused-ring (bicyclic) bond motifs is 2. The maximum Gasteiger partial charge on any atom is 0.145 e. The molecule has 0 unspecified atom stereocenters. The zero-order valence-electron chi connectivity index (χ0n) is 30.5. The van der Waals surface area contributed by atoms with E-state index in [-0.39, 0.29) is 0 Å². The molecule has 8 aromatic rings. The smallest absolute Gasteiger partial charge is 0.145 e. The highest BCUT2D eigenvalue weighted by atomic mass is 15.1. The Balaban J connectivity index is 0.000000159. The summed E-state index contributed by atoms with van der Waals surface area (Å²) in [5.41, 5.74) is 14.3. The van der Waals surface area contributed by atoms with Crippen LogP contribution in [0.4, 0.5) is 0 Å². The van der Waals surface area contributed by atoms with Gasteiger partial charge in [-0.05, 0) is 90.8 Å². The minimum absolute atomic E-state index is 0.447. The van der Waals surface area contributed by atoms with Crippen molar-refractivity contribution in [2.45, 2.75) is 53.9 Å². The number of imidazole rings is 2. The largest absolute Gasteiger partial charge is 0.292 e. The number of nitrogens with zero attached hydrogens (tertiary/aromatic N) is 4. The first-order valence-electron chi connectivity index (χ1n) is 18.0. The Labute approximate surface area is 302 Å². The molecule has 0 amide bonds. The molecule has 0 bridgehead atoms. The number of para-hydroxylation sites is 2. The van der Waals surface area contributed by atoms with E-state index in [1.54, 1.807) is 0 Å². The summed E-state index contributed by atoms with van der Waals surface area (Å²) in [4.78, 5) is 9.99. The van der Waals surface area contributed by atoms with E-state index in [1.165, 1.54) is 33.6 Å². The zero-order chi connectivity index (χ0) is 35.5. The van der Waals surface area contributed by atoms with Gasteiger partial charge in [0.25, 0.3) is 0 Å². The Hall–Kier alpha value is -5.74. The topological polar surface area (TPSA) is 35.6 Å². The lowest BCUT2D eigenvalue weighted by molar-refractivity contribution is 0.645. The summed E-state index contributed by atoms with van der Waals surface area (Å²) >= 11 is 0. The van der Waals surface area contributed by atoms with Crippen molar-refractivity contribution in [3.05, 3.63) is 168 Å². The molecule has 0 aliphatic carbocycles. The highest BCUT2D eigenvalue weighted by Crippen LogP contribution is 2.34. The lowest BCUT2D eigenvalue weighted by atomic mass is 10.0. The van der Waals surface area contributed by atoms with E-state index in [1.807, 2.05) is 12.1 Å². The summed E-state index contributed by atoms with van der Waals surface area (Å²) in [6.45, 7) is 13.2. The summed E-state index contributed by atoms with van der Waals surface area (Å²) in [7, 11) is 0. The highest BCUT2D eigenvalue weighted by Gasteiger charge is 2.19. The Kier molecular flexibility index (Phi) is 9.68. The molecule has 2 heterocycles. The van der Waals surface area contributed by atoms with Crippen molar-refractivity contribution in [3.8, 4) is 34.2 Å². The van der Waals surface area contributed by atoms with E-state index < -0.39 is 0 Å². The zero-order valence-corrected chi connectivity index (χ0v) is 30.5. The van der Waals surface area contributed by atoms with Gasteiger partial charge in [-0.2, -0.15) is 0 Å². The minimum atomic E-state index is 0.447. The van der Waals surface area contributed by atoms with Gasteiger partial charge < -0.3 is 0 Å². The van der Waals surface area contributed by atoms with Crippen LogP contribution in [-0.2, 0) is 6.42 Å². The van der Waals surface area contributed by atoms with Crippen LogP contribution in [0.3, 0.4) is 0 Å². The summed E-state index contributed by atoms with van der Waals surface area (Å²) in [5.74, 6) is 3.05. The molecule has 4 heteroatoms. The van der Waals surface area contributed by atoms with Gasteiger partial charge in [0.2, 0.25) is 0 Å². The number of hydrogen-bond acceptors (Lipinski definition) is 2.